The maximum atomic E-state index is 11.7. The van der Waals surface area contributed by atoms with Crippen LogP contribution in [0.25, 0.3) is 0 Å². The molecule has 0 atom stereocenters. The number of nitriles is 1. The van der Waals surface area contributed by atoms with E-state index in [2.05, 4.69) is 10.5 Å². The summed E-state index contributed by atoms with van der Waals surface area (Å²) in [5.74, 6) is 0.649. The lowest BCUT2D eigenvalue weighted by molar-refractivity contribution is -0.123. The van der Waals surface area contributed by atoms with Crippen LogP contribution in [0.5, 0.6) is 11.5 Å². The number of rotatable bonds is 6. The highest BCUT2D eigenvalue weighted by atomic mass is 16.5. The summed E-state index contributed by atoms with van der Waals surface area (Å²) in [6, 6.07) is 16.0. The first kappa shape index (κ1) is 16.0. The molecule has 0 heterocycles. The maximum Gasteiger partial charge on any atom is 0.277 e. The van der Waals surface area contributed by atoms with Crippen LogP contribution in [0.1, 0.15) is 11.1 Å². The van der Waals surface area contributed by atoms with Gasteiger partial charge in [0.05, 0.1) is 18.9 Å². The summed E-state index contributed by atoms with van der Waals surface area (Å²) in [7, 11) is 1.58. The van der Waals surface area contributed by atoms with E-state index in [1.54, 1.807) is 37.4 Å². The van der Waals surface area contributed by atoms with Crippen molar-refractivity contribution in [2.45, 2.75) is 0 Å². The van der Waals surface area contributed by atoms with Gasteiger partial charge in [0.2, 0.25) is 0 Å². The average Bonchev–Trinajstić information content (AvgIpc) is 2.60. The van der Waals surface area contributed by atoms with Crippen molar-refractivity contribution < 1.29 is 14.3 Å². The van der Waals surface area contributed by atoms with E-state index in [1.165, 1.54) is 6.21 Å². The molecular formula is C17H15N3O3. The molecule has 0 saturated heterocycles. The van der Waals surface area contributed by atoms with Crippen LogP contribution in [-0.2, 0) is 4.79 Å². The second-order valence-electron chi connectivity index (χ2n) is 4.47. The van der Waals surface area contributed by atoms with Gasteiger partial charge in [0.25, 0.3) is 5.91 Å². The van der Waals surface area contributed by atoms with E-state index >= 15 is 0 Å². The summed E-state index contributed by atoms with van der Waals surface area (Å²) >= 11 is 0. The summed E-state index contributed by atoms with van der Waals surface area (Å²) in [5.41, 5.74) is 3.53. The van der Waals surface area contributed by atoms with Crippen LogP contribution in [-0.4, -0.2) is 25.8 Å². The zero-order valence-corrected chi connectivity index (χ0v) is 12.5. The molecule has 1 amide bonds. The zero-order chi connectivity index (χ0) is 16.5. The molecule has 2 rings (SSSR count). The number of ether oxygens (including phenoxy) is 2. The largest absolute Gasteiger partial charge is 0.497 e. The molecule has 6 heteroatoms. The predicted octanol–water partition coefficient (Wildman–Crippen LogP) is 2.10. The zero-order valence-electron chi connectivity index (χ0n) is 12.5. The van der Waals surface area contributed by atoms with Gasteiger partial charge < -0.3 is 9.47 Å². The predicted molar refractivity (Wildman–Crippen MR) is 85.4 cm³/mol. The van der Waals surface area contributed by atoms with Crippen LogP contribution in [0.2, 0.25) is 0 Å². The Morgan fingerprint density at radius 3 is 2.91 bits per heavy atom. The van der Waals surface area contributed by atoms with Crippen molar-refractivity contribution in [3.63, 3.8) is 0 Å². The van der Waals surface area contributed by atoms with Gasteiger partial charge in [-0.2, -0.15) is 10.4 Å². The highest BCUT2D eigenvalue weighted by Crippen LogP contribution is 2.16. The fourth-order valence-corrected chi connectivity index (χ4v) is 1.76. The van der Waals surface area contributed by atoms with E-state index < -0.39 is 5.91 Å². The molecule has 0 aliphatic carbocycles. The van der Waals surface area contributed by atoms with E-state index in [9.17, 15) is 4.79 Å². The van der Waals surface area contributed by atoms with E-state index in [-0.39, 0.29) is 6.61 Å². The first-order valence-electron chi connectivity index (χ1n) is 6.81. The first-order chi connectivity index (χ1) is 11.2. The van der Waals surface area contributed by atoms with Crippen molar-refractivity contribution in [2.24, 2.45) is 5.10 Å². The molecule has 2 aromatic carbocycles. The molecule has 6 nitrogen and oxygen atoms in total. The van der Waals surface area contributed by atoms with Crippen molar-refractivity contribution in [1.29, 1.82) is 5.26 Å². The molecule has 0 aromatic heterocycles. The number of amides is 1. The lowest BCUT2D eigenvalue weighted by Gasteiger charge is -2.06. The number of hydrogen-bond acceptors (Lipinski definition) is 5. The molecule has 0 aliphatic heterocycles. The smallest absolute Gasteiger partial charge is 0.277 e. The Hall–Kier alpha value is -3.33. The molecule has 0 unspecified atom stereocenters. The van der Waals surface area contributed by atoms with Gasteiger partial charge in [0.15, 0.2) is 6.61 Å². The number of methoxy groups -OCH3 is 1. The SMILES string of the molecule is COc1cccc(/C=N/NC(=O)COc2ccccc2C#N)c1. The summed E-state index contributed by atoms with van der Waals surface area (Å²) < 4.78 is 10.4. The van der Waals surface area contributed by atoms with E-state index in [0.29, 0.717) is 17.1 Å². The molecule has 0 radical (unpaired) electrons. The Morgan fingerprint density at radius 2 is 2.13 bits per heavy atom. The minimum Gasteiger partial charge on any atom is -0.497 e. The fourth-order valence-electron chi connectivity index (χ4n) is 1.76. The summed E-state index contributed by atoms with van der Waals surface area (Å²) in [5, 5.41) is 12.8. The quantitative estimate of drug-likeness (QED) is 0.654. The van der Waals surface area contributed by atoms with Gasteiger partial charge in [-0.05, 0) is 29.8 Å². The number of carbonyl (C=O) groups excluding carboxylic acids is 1. The van der Waals surface area contributed by atoms with E-state index in [0.717, 1.165) is 5.56 Å². The van der Waals surface area contributed by atoms with Gasteiger partial charge in [0.1, 0.15) is 17.6 Å². The first-order valence-corrected chi connectivity index (χ1v) is 6.81. The van der Waals surface area contributed by atoms with Crippen molar-refractivity contribution >= 4 is 12.1 Å². The summed E-state index contributed by atoms with van der Waals surface area (Å²) in [6.45, 7) is -0.228. The normalized spacial score (nSPS) is 10.1. The highest BCUT2D eigenvalue weighted by Gasteiger charge is 2.05. The van der Waals surface area contributed by atoms with Crippen LogP contribution in [0, 0.1) is 11.3 Å². The number of hydrogen-bond donors (Lipinski definition) is 1. The molecule has 1 N–H and O–H groups in total. The lowest BCUT2D eigenvalue weighted by atomic mass is 10.2. The van der Waals surface area contributed by atoms with Crippen LogP contribution in [0.4, 0.5) is 0 Å². The molecule has 116 valence electrons. The molecule has 0 bridgehead atoms. The monoisotopic (exact) mass is 309 g/mol. The Kier molecular flexibility index (Phi) is 5.72. The van der Waals surface area contributed by atoms with Gasteiger partial charge in [0, 0.05) is 0 Å². The molecule has 0 fully saturated rings. The van der Waals surface area contributed by atoms with Gasteiger partial charge in [-0.1, -0.05) is 24.3 Å². The highest BCUT2D eigenvalue weighted by molar-refractivity contribution is 5.83. The minimum absolute atomic E-state index is 0.228. The Labute approximate surface area is 134 Å². The Morgan fingerprint density at radius 1 is 1.30 bits per heavy atom. The third-order valence-electron chi connectivity index (χ3n) is 2.86. The Balaban J connectivity index is 1.85. The van der Waals surface area contributed by atoms with E-state index in [1.807, 2.05) is 24.3 Å². The molecule has 0 saturated carbocycles. The third kappa shape index (κ3) is 4.86. The van der Waals surface area contributed by atoms with Crippen molar-refractivity contribution in [3.8, 4) is 17.6 Å². The fraction of sp³-hybridized carbons (Fsp3) is 0.118. The van der Waals surface area contributed by atoms with Crippen LogP contribution in [0.3, 0.4) is 0 Å². The van der Waals surface area contributed by atoms with Crippen molar-refractivity contribution in [1.82, 2.24) is 5.43 Å². The van der Waals surface area contributed by atoms with Crippen LogP contribution >= 0.6 is 0 Å². The van der Waals surface area contributed by atoms with Crippen LogP contribution < -0.4 is 14.9 Å². The third-order valence-corrected chi connectivity index (χ3v) is 2.86. The number of nitrogens with one attached hydrogen (secondary N) is 1. The number of carbonyl (C=O) groups is 1. The van der Waals surface area contributed by atoms with E-state index in [4.69, 9.17) is 14.7 Å². The maximum absolute atomic E-state index is 11.7. The average molecular weight is 309 g/mol. The minimum atomic E-state index is -0.420. The van der Waals surface area contributed by atoms with Gasteiger partial charge >= 0.3 is 0 Å². The van der Waals surface area contributed by atoms with Gasteiger partial charge in [-0.15, -0.1) is 0 Å². The topological polar surface area (TPSA) is 83.7 Å². The summed E-state index contributed by atoms with van der Waals surface area (Å²) in [4.78, 5) is 11.7. The van der Waals surface area contributed by atoms with Gasteiger partial charge in [-0.25, -0.2) is 5.43 Å². The number of nitrogens with zero attached hydrogens (tertiary/aromatic N) is 2. The van der Waals surface area contributed by atoms with Crippen molar-refractivity contribution in [2.75, 3.05) is 13.7 Å². The molecule has 23 heavy (non-hydrogen) atoms. The van der Waals surface area contributed by atoms with Crippen LogP contribution in [0.15, 0.2) is 53.6 Å². The molecule has 0 spiro atoms. The lowest BCUT2D eigenvalue weighted by Crippen LogP contribution is -2.24. The van der Waals surface area contributed by atoms with Gasteiger partial charge in [-0.3, -0.25) is 4.79 Å². The summed E-state index contributed by atoms with van der Waals surface area (Å²) in [6.07, 6.45) is 1.50. The second kappa shape index (κ2) is 8.20. The molecular weight excluding hydrogens is 294 g/mol. The van der Waals surface area contributed by atoms with Crippen molar-refractivity contribution in [3.05, 3.63) is 59.7 Å². The molecule has 0 aliphatic rings. The standard InChI is InChI=1S/C17H15N3O3/c1-22-15-7-4-5-13(9-15)11-19-20-17(21)12-23-16-8-3-2-6-14(16)10-18/h2-9,11H,12H2,1H3,(H,20,21)/b19-11+. The number of hydrazone groups is 1. The Bertz CT molecular complexity index is 751. The number of para-hydroxylation sites is 1. The molecule has 2 aromatic rings. The second-order valence-corrected chi connectivity index (χ2v) is 4.47. The number of benzene rings is 2.